The lowest BCUT2D eigenvalue weighted by atomic mass is 10.0. The normalized spacial score (nSPS) is 14.3. The smallest absolute Gasteiger partial charge is 0.462 e. The van der Waals surface area contributed by atoms with Crippen molar-refractivity contribution in [3.05, 3.63) is 0 Å². The van der Waals surface area contributed by atoms with Crippen molar-refractivity contribution in [2.45, 2.75) is 330 Å². The molecule has 486 valence electrons. The summed E-state index contributed by atoms with van der Waals surface area (Å²) in [4.78, 5) is 71.9. The highest BCUT2D eigenvalue weighted by Gasteiger charge is 2.30. The fourth-order valence-corrected chi connectivity index (χ4v) is 10.9. The maximum Gasteiger partial charge on any atom is 0.472 e. The Kier molecular flexibility index (Phi) is 54.3. The minimum Gasteiger partial charge on any atom is -0.462 e. The molecular weight excluding hydrogens is 1090 g/mol. The number of aliphatic hydroxyl groups excluding tert-OH is 1. The number of carbonyl (C=O) groups excluding carboxylic acids is 4. The van der Waals surface area contributed by atoms with Gasteiger partial charge in [0, 0.05) is 25.7 Å². The molecule has 5 atom stereocenters. The summed E-state index contributed by atoms with van der Waals surface area (Å²) in [5.74, 6) is -0.747. The molecule has 0 bridgehead atoms. The summed E-state index contributed by atoms with van der Waals surface area (Å²) in [6, 6.07) is 0. The molecule has 0 heterocycles. The number of ether oxygens (including phenoxy) is 4. The maximum absolute atomic E-state index is 13.0. The van der Waals surface area contributed by atoms with Gasteiger partial charge >= 0.3 is 39.5 Å². The molecule has 82 heavy (non-hydrogen) atoms. The highest BCUT2D eigenvalue weighted by Crippen LogP contribution is 2.45. The van der Waals surface area contributed by atoms with Gasteiger partial charge in [-0.05, 0) is 37.5 Å². The van der Waals surface area contributed by atoms with E-state index in [9.17, 15) is 43.2 Å². The molecule has 0 spiro atoms. The third kappa shape index (κ3) is 57.2. The minimum absolute atomic E-state index is 0.102. The van der Waals surface area contributed by atoms with Crippen molar-refractivity contribution in [3.8, 4) is 0 Å². The lowest BCUT2D eigenvalue weighted by molar-refractivity contribution is -0.161. The van der Waals surface area contributed by atoms with Crippen LogP contribution in [0.5, 0.6) is 0 Å². The molecule has 17 nitrogen and oxygen atoms in total. The highest BCUT2D eigenvalue weighted by molar-refractivity contribution is 7.47. The van der Waals surface area contributed by atoms with Crippen LogP contribution in [0.25, 0.3) is 0 Å². The van der Waals surface area contributed by atoms with Crippen LogP contribution in [0.2, 0.25) is 0 Å². The number of hydrogen-bond donors (Lipinski definition) is 3. The molecule has 0 amide bonds. The van der Waals surface area contributed by atoms with E-state index in [4.69, 9.17) is 37.0 Å². The Hall–Kier alpha value is -1.94. The van der Waals surface area contributed by atoms with Gasteiger partial charge in [0.15, 0.2) is 12.2 Å². The lowest BCUT2D eigenvalue weighted by Crippen LogP contribution is -2.30. The van der Waals surface area contributed by atoms with Crippen molar-refractivity contribution in [2.24, 2.45) is 11.8 Å². The summed E-state index contributed by atoms with van der Waals surface area (Å²) < 4.78 is 67.7. The van der Waals surface area contributed by atoms with Gasteiger partial charge < -0.3 is 33.8 Å². The Labute approximate surface area is 498 Å². The van der Waals surface area contributed by atoms with Crippen LogP contribution in [0.3, 0.4) is 0 Å². The second-order valence-electron chi connectivity index (χ2n) is 23.7. The predicted molar refractivity (Wildman–Crippen MR) is 326 cm³/mol. The van der Waals surface area contributed by atoms with E-state index in [2.05, 4.69) is 41.5 Å². The molecule has 0 fully saturated rings. The number of carbonyl (C=O) groups is 4. The van der Waals surface area contributed by atoms with Crippen molar-refractivity contribution >= 4 is 39.5 Å². The molecule has 0 aliphatic heterocycles. The Balaban J connectivity index is 5.14. The number of esters is 4. The first-order valence-corrected chi connectivity index (χ1v) is 36.0. The SMILES string of the molecule is CCCCCCCCCCCCCCCCCCCC(=O)O[C@H](COC(=O)CCCCCCCCCC(C)C)COP(=O)(O)OC[C@@H](O)COP(=O)(O)OC[C@@H](COC(=O)CCCCCCC)OC(=O)CCCCCCCCCC(C)C. The zero-order valence-electron chi connectivity index (χ0n) is 52.8. The molecule has 0 aliphatic rings. The van der Waals surface area contributed by atoms with Crippen molar-refractivity contribution < 1.29 is 80.2 Å². The van der Waals surface area contributed by atoms with E-state index in [1.165, 1.54) is 116 Å². The topological polar surface area (TPSA) is 237 Å². The van der Waals surface area contributed by atoms with Crippen LogP contribution in [-0.2, 0) is 65.4 Å². The number of unbranched alkanes of at least 4 members (excludes halogenated alkanes) is 32. The van der Waals surface area contributed by atoms with Crippen LogP contribution >= 0.6 is 15.6 Å². The summed E-state index contributed by atoms with van der Waals surface area (Å²) >= 11 is 0. The monoisotopic (exact) mass is 1210 g/mol. The van der Waals surface area contributed by atoms with E-state index in [1.54, 1.807) is 0 Å². The Morgan fingerprint density at radius 2 is 0.561 bits per heavy atom. The van der Waals surface area contributed by atoms with Crippen molar-refractivity contribution in [3.63, 3.8) is 0 Å². The molecule has 3 N–H and O–H groups in total. The van der Waals surface area contributed by atoms with Crippen LogP contribution in [0.4, 0.5) is 0 Å². The first kappa shape index (κ1) is 80.1. The van der Waals surface area contributed by atoms with Gasteiger partial charge in [-0.25, -0.2) is 9.13 Å². The first-order valence-electron chi connectivity index (χ1n) is 33.0. The molecule has 0 aliphatic carbocycles. The number of phosphoric acid groups is 2. The molecule has 2 unspecified atom stereocenters. The second-order valence-corrected chi connectivity index (χ2v) is 26.7. The molecule has 19 heteroatoms. The Bertz CT molecular complexity index is 1620. The number of rotatable bonds is 62. The van der Waals surface area contributed by atoms with Gasteiger partial charge in [-0.15, -0.1) is 0 Å². The summed E-state index contributed by atoms with van der Waals surface area (Å²) in [7, 11) is -9.88. The second kappa shape index (κ2) is 55.6. The predicted octanol–water partition coefficient (Wildman–Crippen LogP) is 17.3. The number of phosphoric ester groups is 2. The molecule has 0 aromatic carbocycles. The molecule has 0 saturated carbocycles. The van der Waals surface area contributed by atoms with Gasteiger partial charge in [-0.3, -0.25) is 37.3 Å². The zero-order chi connectivity index (χ0) is 60.8. The molecule has 0 aromatic rings. The van der Waals surface area contributed by atoms with Gasteiger partial charge in [0.25, 0.3) is 0 Å². The van der Waals surface area contributed by atoms with Crippen LogP contribution < -0.4 is 0 Å². The summed E-state index contributed by atoms with van der Waals surface area (Å²) in [5.41, 5.74) is 0. The summed E-state index contributed by atoms with van der Waals surface area (Å²) in [6.07, 6.45) is 38.2. The molecule has 0 aromatic heterocycles. The molecular formula is C63H122O17P2. The average molecular weight is 1210 g/mol. The third-order valence-corrected chi connectivity index (χ3v) is 16.4. The summed E-state index contributed by atoms with van der Waals surface area (Å²) in [6.45, 7) is 9.28. The average Bonchev–Trinajstić information content (AvgIpc) is 3.44. The van der Waals surface area contributed by atoms with Crippen LogP contribution in [0.1, 0.15) is 311 Å². The Morgan fingerprint density at radius 3 is 0.829 bits per heavy atom. The number of hydrogen-bond acceptors (Lipinski definition) is 15. The fraction of sp³-hybridized carbons (Fsp3) is 0.937. The van der Waals surface area contributed by atoms with E-state index in [0.29, 0.717) is 37.5 Å². The van der Waals surface area contributed by atoms with E-state index < -0.39 is 97.5 Å². The molecule has 0 saturated heterocycles. The van der Waals surface area contributed by atoms with E-state index in [1.807, 2.05) is 0 Å². The van der Waals surface area contributed by atoms with E-state index >= 15 is 0 Å². The van der Waals surface area contributed by atoms with Crippen LogP contribution in [0, 0.1) is 11.8 Å². The maximum atomic E-state index is 13.0. The third-order valence-electron chi connectivity index (χ3n) is 14.5. The minimum atomic E-state index is -4.94. The zero-order valence-corrected chi connectivity index (χ0v) is 54.6. The lowest BCUT2D eigenvalue weighted by Gasteiger charge is -2.21. The van der Waals surface area contributed by atoms with Crippen LogP contribution in [0.15, 0.2) is 0 Å². The van der Waals surface area contributed by atoms with Crippen molar-refractivity contribution in [1.29, 1.82) is 0 Å². The van der Waals surface area contributed by atoms with Crippen molar-refractivity contribution in [1.82, 2.24) is 0 Å². The Morgan fingerprint density at radius 1 is 0.329 bits per heavy atom. The highest BCUT2D eigenvalue weighted by atomic mass is 31.2. The van der Waals surface area contributed by atoms with E-state index in [-0.39, 0.29) is 25.7 Å². The fourth-order valence-electron chi connectivity index (χ4n) is 9.35. The van der Waals surface area contributed by atoms with Crippen LogP contribution in [-0.4, -0.2) is 96.7 Å². The van der Waals surface area contributed by atoms with Gasteiger partial charge in [-0.1, -0.05) is 260 Å². The first-order chi connectivity index (χ1) is 39.4. The standard InChI is InChI=1S/C63H122O17P2/c1-7-9-11-13-14-15-16-17-18-19-20-21-22-23-28-35-41-47-62(67)80-59(52-74-61(66)46-40-34-29-24-26-32-37-43-55(3)4)54-78-82(71,72)76-50-57(64)49-75-81(69,70)77-53-58(51-73-60(65)45-39-31-12-10-8-2)79-63(68)48-42-36-30-25-27-33-38-44-56(5)6/h55-59,64H,7-54H2,1-6H3,(H,69,70)(H,71,72)/t57-,58+,59+/m0/s1. The van der Waals surface area contributed by atoms with Gasteiger partial charge in [0.05, 0.1) is 26.4 Å². The van der Waals surface area contributed by atoms with Gasteiger partial charge in [0.2, 0.25) is 0 Å². The van der Waals surface area contributed by atoms with Gasteiger partial charge in [0.1, 0.15) is 19.3 Å². The van der Waals surface area contributed by atoms with Gasteiger partial charge in [-0.2, -0.15) is 0 Å². The summed E-state index contributed by atoms with van der Waals surface area (Å²) in [5, 5.41) is 10.5. The number of aliphatic hydroxyl groups is 1. The molecule has 0 radical (unpaired) electrons. The van der Waals surface area contributed by atoms with Crippen molar-refractivity contribution in [2.75, 3.05) is 39.6 Å². The molecule has 0 rings (SSSR count). The largest absolute Gasteiger partial charge is 0.472 e. The van der Waals surface area contributed by atoms with E-state index in [0.717, 1.165) is 103 Å². The quantitative estimate of drug-likeness (QED) is 0.0222.